The highest BCUT2D eigenvalue weighted by Crippen LogP contribution is 2.31. The zero-order chi connectivity index (χ0) is 14.8. The lowest BCUT2D eigenvalue weighted by molar-refractivity contribution is 0.260. The predicted molar refractivity (Wildman–Crippen MR) is 86.4 cm³/mol. The van der Waals surface area contributed by atoms with Gasteiger partial charge in [-0.15, -0.1) is 0 Å². The van der Waals surface area contributed by atoms with Crippen molar-refractivity contribution in [3.05, 3.63) is 52.8 Å². The van der Waals surface area contributed by atoms with Crippen LogP contribution in [0.15, 0.2) is 30.3 Å². The van der Waals surface area contributed by atoms with Crippen molar-refractivity contribution >= 4 is 0 Å². The van der Waals surface area contributed by atoms with Gasteiger partial charge in [0.05, 0.1) is 5.69 Å². The fourth-order valence-electron chi connectivity index (χ4n) is 3.58. The summed E-state index contributed by atoms with van der Waals surface area (Å²) in [7, 11) is 2.04. The van der Waals surface area contributed by atoms with Gasteiger partial charge < -0.3 is 0 Å². The van der Waals surface area contributed by atoms with Gasteiger partial charge in [-0.25, -0.2) is 0 Å². The molecule has 0 spiro atoms. The molecule has 21 heavy (non-hydrogen) atoms. The minimum Gasteiger partial charge on any atom is -0.296 e. The molecular weight excluding hydrogens is 258 g/mol. The second kappa shape index (κ2) is 6.02. The third-order valence-corrected chi connectivity index (χ3v) is 4.86. The number of rotatable bonds is 4. The topological polar surface area (TPSA) is 21.1 Å². The van der Waals surface area contributed by atoms with Crippen LogP contribution in [-0.2, 0) is 13.5 Å². The number of benzene rings is 1. The molecule has 1 fully saturated rings. The van der Waals surface area contributed by atoms with Crippen molar-refractivity contribution in [2.24, 2.45) is 7.05 Å². The number of likely N-dealkylation sites (tertiary alicyclic amines) is 1. The van der Waals surface area contributed by atoms with Gasteiger partial charge in [-0.3, -0.25) is 9.58 Å². The number of hydrogen-bond donors (Lipinski definition) is 0. The van der Waals surface area contributed by atoms with Gasteiger partial charge in [0.2, 0.25) is 0 Å². The molecule has 1 aliphatic heterocycles. The zero-order valence-corrected chi connectivity index (χ0v) is 13.3. The van der Waals surface area contributed by atoms with Crippen LogP contribution in [0.4, 0.5) is 0 Å². The molecule has 0 bridgehead atoms. The lowest BCUT2D eigenvalue weighted by Gasteiger charge is -2.24. The summed E-state index contributed by atoms with van der Waals surface area (Å²) in [5.41, 5.74) is 5.39. The molecule has 2 aromatic rings. The summed E-state index contributed by atoms with van der Waals surface area (Å²) in [5, 5.41) is 4.53. The molecule has 0 radical (unpaired) electrons. The second-order valence-electron chi connectivity index (χ2n) is 6.13. The van der Waals surface area contributed by atoms with E-state index in [1.165, 1.54) is 41.9 Å². The molecule has 1 aliphatic rings. The van der Waals surface area contributed by atoms with Gasteiger partial charge >= 0.3 is 0 Å². The molecule has 0 unspecified atom stereocenters. The van der Waals surface area contributed by atoms with E-state index in [9.17, 15) is 0 Å². The Kier molecular flexibility index (Phi) is 4.11. The molecule has 0 saturated carbocycles. The van der Waals surface area contributed by atoms with Gasteiger partial charge in [0, 0.05) is 25.3 Å². The van der Waals surface area contributed by atoms with Crippen LogP contribution in [0.25, 0.3) is 0 Å². The predicted octanol–water partition coefficient (Wildman–Crippen LogP) is 3.42. The first-order valence-electron chi connectivity index (χ1n) is 7.95. The van der Waals surface area contributed by atoms with Crippen molar-refractivity contribution in [1.29, 1.82) is 0 Å². The highest BCUT2D eigenvalue weighted by molar-refractivity contribution is 5.25. The number of aryl methyl sites for hydroxylation is 2. The number of aromatic nitrogens is 2. The van der Waals surface area contributed by atoms with Gasteiger partial charge in [-0.1, -0.05) is 30.3 Å². The van der Waals surface area contributed by atoms with Gasteiger partial charge in [0.1, 0.15) is 0 Å². The molecule has 2 heterocycles. The molecule has 0 amide bonds. The highest BCUT2D eigenvalue weighted by Gasteiger charge is 2.25. The zero-order valence-electron chi connectivity index (χ0n) is 13.3. The van der Waals surface area contributed by atoms with Crippen LogP contribution < -0.4 is 0 Å². The maximum absolute atomic E-state index is 4.53. The van der Waals surface area contributed by atoms with E-state index in [-0.39, 0.29) is 0 Å². The van der Waals surface area contributed by atoms with Crippen LogP contribution in [0.5, 0.6) is 0 Å². The Bertz CT molecular complexity index is 600. The van der Waals surface area contributed by atoms with Crippen LogP contribution in [0, 0.1) is 13.8 Å². The molecule has 112 valence electrons. The minimum absolute atomic E-state index is 0.600. The van der Waals surface area contributed by atoms with Crippen molar-refractivity contribution in [3.8, 4) is 0 Å². The van der Waals surface area contributed by atoms with Gasteiger partial charge in [-0.2, -0.15) is 5.10 Å². The van der Waals surface area contributed by atoms with E-state index in [1.807, 2.05) is 11.7 Å². The molecule has 0 N–H and O–H groups in total. The summed E-state index contributed by atoms with van der Waals surface area (Å²) in [4.78, 5) is 2.64. The van der Waals surface area contributed by atoms with E-state index in [0.29, 0.717) is 6.04 Å². The largest absolute Gasteiger partial charge is 0.296 e. The molecule has 1 aromatic carbocycles. The first-order valence-corrected chi connectivity index (χ1v) is 7.95. The maximum atomic E-state index is 4.53. The van der Waals surface area contributed by atoms with Crippen LogP contribution >= 0.6 is 0 Å². The molecule has 3 nitrogen and oxygen atoms in total. The molecule has 3 heteroatoms. The summed E-state index contributed by atoms with van der Waals surface area (Å²) in [6, 6.07) is 11.5. The smallest absolute Gasteiger partial charge is 0.0628 e. The molecule has 1 atom stereocenters. The summed E-state index contributed by atoms with van der Waals surface area (Å²) < 4.78 is 2.00. The number of nitrogens with zero attached hydrogens (tertiary/aromatic N) is 3. The molecular formula is C18H25N3. The fraction of sp³-hybridized carbons (Fsp3) is 0.500. The van der Waals surface area contributed by atoms with Crippen molar-refractivity contribution < 1.29 is 0 Å². The Balaban J connectivity index is 1.70. The van der Waals surface area contributed by atoms with E-state index in [1.54, 1.807) is 0 Å². The van der Waals surface area contributed by atoms with Crippen LogP contribution in [0.2, 0.25) is 0 Å². The Morgan fingerprint density at radius 1 is 1.19 bits per heavy atom. The lowest BCUT2D eigenvalue weighted by atomic mass is 10.0. The van der Waals surface area contributed by atoms with Crippen LogP contribution in [0.1, 0.15) is 41.4 Å². The van der Waals surface area contributed by atoms with Gasteiger partial charge in [0.15, 0.2) is 0 Å². The molecule has 3 rings (SSSR count). The van der Waals surface area contributed by atoms with E-state index in [2.05, 4.69) is 54.2 Å². The van der Waals surface area contributed by atoms with E-state index < -0.39 is 0 Å². The lowest BCUT2D eigenvalue weighted by Crippen LogP contribution is -2.26. The van der Waals surface area contributed by atoms with Crippen molar-refractivity contribution in [2.45, 2.75) is 39.2 Å². The van der Waals surface area contributed by atoms with Crippen LogP contribution in [0.3, 0.4) is 0 Å². The molecule has 1 aromatic heterocycles. The summed E-state index contributed by atoms with van der Waals surface area (Å²) in [5.74, 6) is 0. The third-order valence-electron chi connectivity index (χ3n) is 4.86. The quantitative estimate of drug-likeness (QED) is 0.857. The van der Waals surface area contributed by atoms with E-state index >= 15 is 0 Å². The third kappa shape index (κ3) is 2.88. The van der Waals surface area contributed by atoms with Crippen molar-refractivity contribution in [2.75, 3.05) is 13.1 Å². The SMILES string of the molecule is Cc1nn(C)c(C)c1CCN1CCC[C@H]1c1ccccc1. The second-order valence-corrected chi connectivity index (χ2v) is 6.13. The average molecular weight is 283 g/mol. The van der Waals surface area contributed by atoms with Gasteiger partial charge in [0.25, 0.3) is 0 Å². The first-order chi connectivity index (χ1) is 10.2. The summed E-state index contributed by atoms with van der Waals surface area (Å²) in [6.07, 6.45) is 3.70. The maximum Gasteiger partial charge on any atom is 0.0628 e. The van der Waals surface area contributed by atoms with Crippen molar-refractivity contribution in [1.82, 2.24) is 14.7 Å². The highest BCUT2D eigenvalue weighted by atomic mass is 15.3. The summed E-state index contributed by atoms with van der Waals surface area (Å²) >= 11 is 0. The standard InChI is InChI=1S/C18H25N3/c1-14-17(15(2)20(3)19-14)11-13-21-12-7-10-18(21)16-8-5-4-6-9-16/h4-6,8-9,18H,7,10-13H2,1-3H3/t18-/m0/s1. The Labute approximate surface area is 127 Å². The monoisotopic (exact) mass is 283 g/mol. The average Bonchev–Trinajstić information content (AvgIpc) is 3.04. The Hall–Kier alpha value is -1.61. The van der Waals surface area contributed by atoms with E-state index in [0.717, 1.165) is 13.0 Å². The Morgan fingerprint density at radius 2 is 1.95 bits per heavy atom. The normalized spacial score (nSPS) is 19.3. The van der Waals surface area contributed by atoms with E-state index in [4.69, 9.17) is 0 Å². The number of hydrogen-bond acceptors (Lipinski definition) is 2. The van der Waals surface area contributed by atoms with Gasteiger partial charge in [-0.05, 0) is 50.8 Å². The summed E-state index contributed by atoms with van der Waals surface area (Å²) in [6.45, 7) is 6.65. The first kappa shape index (κ1) is 14.3. The van der Waals surface area contributed by atoms with Crippen LogP contribution in [-0.4, -0.2) is 27.8 Å². The molecule has 0 aliphatic carbocycles. The Morgan fingerprint density at radius 3 is 2.62 bits per heavy atom. The van der Waals surface area contributed by atoms with Crippen molar-refractivity contribution in [3.63, 3.8) is 0 Å². The molecule has 1 saturated heterocycles. The fourth-order valence-corrected chi connectivity index (χ4v) is 3.58. The minimum atomic E-state index is 0.600.